The van der Waals surface area contributed by atoms with Gasteiger partial charge in [-0.25, -0.2) is 4.98 Å². The van der Waals surface area contributed by atoms with E-state index in [9.17, 15) is 13.2 Å². The molecule has 0 bridgehead atoms. The normalized spacial score (nSPS) is 19.6. The van der Waals surface area contributed by atoms with Crippen LogP contribution in [0.15, 0.2) is 24.4 Å². The summed E-state index contributed by atoms with van der Waals surface area (Å²) in [5, 5.41) is 3.67. The lowest BCUT2D eigenvalue weighted by Gasteiger charge is -2.35. The predicted molar refractivity (Wildman–Crippen MR) is 131 cm³/mol. The molecule has 0 radical (unpaired) electrons. The highest BCUT2D eigenvalue weighted by Crippen LogP contribution is 2.38. The van der Waals surface area contributed by atoms with Crippen LogP contribution in [-0.2, 0) is 6.18 Å². The smallest absolute Gasteiger partial charge is 0.356 e. The summed E-state index contributed by atoms with van der Waals surface area (Å²) in [7, 11) is 0. The van der Waals surface area contributed by atoms with Gasteiger partial charge >= 0.3 is 6.18 Å². The monoisotopic (exact) mass is 515 g/mol. The topological polar surface area (TPSA) is 44.3 Å². The second kappa shape index (κ2) is 11.3. The molecule has 5 nitrogen and oxygen atoms in total. The molecule has 0 saturated carbocycles. The maximum atomic E-state index is 13.8. The molecule has 10 heteroatoms. The number of nitrogens with one attached hydrogen (secondary N) is 1. The van der Waals surface area contributed by atoms with Crippen molar-refractivity contribution in [2.45, 2.75) is 51.1 Å². The number of hydrogen-bond acceptors (Lipinski definition) is 5. The second-order valence-corrected chi connectivity index (χ2v) is 10.00. The Morgan fingerprint density at radius 1 is 1.03 bits per heavy atom. The van der Waals surface area contributed by atoms with Crippen LogP contribution in [0.4, 0.5) is 30.6 Å². The molecule has 2 aliphatic heterocycles. The van der Waals surface area contributed by atoms with Crippen molar-refractivity contribution in [3.8, 4) is 0 Å². The van der Waals surface area contributed by atoms with E-state index in [1.165, 1.54) is 25.9 Å². The van der Waals surface area contributed by atoms with Crippen molar-refractivity contribution in [1.82, 2.24) is 14.9 Å². The van der Waals surface area contributed by atoms with Gasteiger partial charge in [0.05, 0.1) is 10.0 Å². The summed E-state index contributed by atoms with van der Waals surface area (Å²) in [6, 6.07) is 4.87. The van der Waals surface area contributed by atoms with Gasteiger partial charge in [-0.15, -0.1) is 0 Å². The van der Waals surface area contributed by atoms with Gasteiger partial charge in [-0.2, -0.15) is 18.2 Å². The molecule has 2 aliphatic rings. The molecule has 2 fully saturated rings. The van der Waals surface area contributed by atoms with Crippen LogP contribution >= 0.6 is 23.2 Å². The number of aromatic nitrogens is 2. The zero-order valence-corrected chi connectivity index (χ0v) is 20.6. The molecule has 0 spiro atoms. The maximum Gasteiger partial charge on any atom is 0.421 e. The molecule has 186 valence electrons. The molecule has 1 unspecified atom stereocenters. The number of likely N-dealkylation sites (tertiary alicyclic amines) is 1. The minimum absolute atomic E-state index is 0.0631. The van der Waals surface area contributed by atoms with Crippen molar-refractivity contribution in [1.29, 1.82) is 0 Å². The lowest BCUT2D eigenvalue weighted by molar-refractivity contribution is -0.137. The number of hydrogen-bond donors (Lipinski definition) is 1. The third-order valence-electron chi connectivity index (χ3n) is 6.60. The fourth-order valence-electron chi connectivity index (χ4n) is 4.84. The highest BCUT2D eigenvalue weighted by Gasteiger charge is 2.37. The number of unbranched alkanes of at least 4 members (excludes halogenated alkanes) is 1. The molecule has 0 amide bonds. The SMILES string of the molecule is FC(F)(F)c1cnc(Nc2ccc(Cl)c(Cl)c2)nc1N1CCCC(CCCCN2CCCC2)C1. The van der Waals surface area contributed by atoms with Crippen molar-refractivity contribution in [3.05, 3.63) is 40.0 Å². The van der Waals surface area contributed by atoms with Crippen LogP contribution in [0.1, 0.15) is 50.5 Å². The Balaban J connectivity index is 1.44. The van der Waals surface area contributed by atoms with Gasteiger partial charge < -0.3 is 15.1 Å². The number of benzene rings is 1. The standard InChI is InChI=1S/C24H30Cl2F3N5/c25-20-9-8-18(14-21(20)26)31-23-30-15-19(24(27,28)29)22(32-23)34-13-5-7-17(16-34)6-1-2-10-33-11-3-4-12-33/h8-9,14-15,17H,1-7,10-13,16H2,(H,30,31,32). The van der Waals surface area contributed by atoms with Crippen molar-refractivity contribution >= 4 is 40.7 Å². The summed E-state index contributed by atoms with van der Waals surface area (Å²) in [5.41, 5.74) is -0.253. The Morgan fingerprint density at radius 2 is 1.82 bits per heavy atom. The number of anilines is 3. The van der Waals surface area contributed by atoms with Crippen LogP contribution in [0.25, 0.3) is 0 Å². The molecule has 1 atom stereocenters. The summed E-state index contributed by atoms with van der Waals surface area (Å²) < 4.78 is 41.4. The van der Waals surface area contributed by atoms with Gasteiger partial charge in [-0.1, -0.05) is 29.6 Å². The molecule has 2 aromatic rings. The zero-order chi connectivity index (χ0) is 24.1. The van der Waals surface area contributed by atoms with Crippen LogP contribution in [0, 0.1) is 5.92 Å². The minimum atomic E-state index is -4.53. The Hall–Kier alpha value is -1.77. The first-order valence-electron chi connectivity index (χ1n) is 11.9. The van der Waals surface area contributed by atoms with Crippen LogP contribution in [0.3, 0.4) is 0 Å². The summed E-state index contributed by atoms with van der Waals surface area (Å²) in [6.45, 7) is 4.66. The van der Waals surface area contributed by atoms with Gasteiger partial charge in [0.2, 0.25) is 5.95 Å². The largest absolute Gasteiger partial charge is 0.421 e. The van der Waals surface area contributed by atoms with E-state index in [1.807, 2.05) is 0 Å². The summed E-state index contributed by atoms with van der Waals surface area (Å²) >= 11 is 12.0. The number of alkyl halides is 3. The van der Waals surface area contributed by atoms with E-state index >= 15 is 0 Å². The molecular formula is C24H30Cl2F3N5. The molecule has 34 heavy (non-hydrogen) atoms. The predicted octanol–water partition coefficient (Wildman–Crippen LogP) is 7.03. The number of piperidine rings is 1. The van der Waals surface area contributed by atoms with E-state index in [1.54, 1.807) is 23.1 Å². The third-order valence-corrected chi connectivity index (χ3v) is 7.34. The second-order valence-electron chi connectivity index (χ2n) is 9.18. The number of nitrogens with zero attached hydrogens (tertiary/aromatic N) is 4. The van der Waals surface area contributed by atoms with E-state index in [-0.39, 0.29) is 11.8 Å². The highest BCUT2D eigenvalue weighted by molar-refractivity contribution is 6.42. The Morgan fingerprint density at radius 3 is 2.56 bits per heavy atom. The average Bonchev–Trinajstić information content (AvgIpc) is 3.32. The molecule has 0 aliphatic carbocycles. The van der Waals surface area contributed by atoms with E-state index in [0.717, 1.165) is 44.8 Å². The Labute approximate surface area is 208 Å². The van der Waals surface area contributed by atoms with Crippen molar-refractivity contribution in [3.63, 3.8) is 0 Å². The van der Waals surface area contributed by atoms with Crippen molar-refractivity contribution in [2.24, 2.45) is 5.92 Å². The van der Waals surface area contributed by atoms with Crippen molar-refractivity contribution in [2.75, 3.05) is 42.9 Å². The number of halogens is 5. The molecular weight excluding hydrogens is 486 g/mol. The lowest BCUT2D eigenvalue weighted by atomic mass is 9.92. The van der Waals surface area contributed by atoms with E-state index in [2.05, 4.69) is 20.2 Å². The number of rotatable bonds is 8. The van der Waals surface area contributed by atoms with Crippen molar-refractivity contribution < 1.29 is 13.2 Å². The van der Waals surface area contributed by atoms with Gasteiger partial charge in [-0.3, -0.25) is 0 Å². The van der Waals surface area contributed by atoms with Crippen LogP contribution < -0.4 is 10.2 Å². The Bertz CT molecular complexity index is 966. The first-order valence-corrected chi connectivity index (χ1v) is 12.7. The quantitative estimate of drug-likeness (QED) is 0.382. The summed E-state index contributed by atoms with van der Waals surface area (Å²) in [5.74, 6) is 0.399. The lowest BCUT2D eigenvalue weighted by Crippen LogP contribution is -2.37. The zero-order valence-electron chi connectivity index (χ0n) is 19.1. The van der Waals surface area contributed by atoms with Gasteiger partial charge in [0, 0.05) is 25.0 Å². The van der Waals surface area contributed by atoms with Gasteiger partial charge in [0.1, 0.15) is 11.4 Å². The van der Waals surface area contributed by atoms with Crippen LogP contribution in [-0.4, -0.2) is 47.6 Å². The fourth-order valence-corrected chi connectivity index (χ4v) is 5.14. The molecule has 4 rings (SSSR count). The fraction of sp³-hybridized carbons (Fsp3) is 0.583. The minimum Gasteiger partial charge on any atom is -0.356 e. The third kappa shape index (κ3) is 6.67. The van der Waals surface area contributed by atoms with E-state index in [0.29, 0.717) is 34.7 Å². The highest BCUT2D eigenvalue weighted by atomic mass is 35.5. The first kappa shape index (κ1) is 25.3. The van der Waals surface area contributed by atoms with E-state index in [4.69, 9.17) is 23.2 Å². The summed E-state index contributed by atoms with van der Waals surface area (Å²) in [4.78, 5) is 12.5. The van der Waals surface area contributed by atoms with Gasteiger partial charge in [-0.05, 0) is 82.3 Å². The average molecular weight is 516 g/mol. The van der Waals surface area contributed by atoms with E-state index < -0.39 is 11.7 Å². The van der Waals surface area contributed by atoms with Gasteiger partial charge in [0.15, 0.2) is 0 Å². The Kier molecular flexibility index (Phi) is 8.43. The molecule has 1 aromatic heterocycles. The maximum absolute atomic E-state index is 13.8. The first-order chi connectivity index (χ1) is 16.3. The molecule has 3 heterocycles. The van der Waals surface area contributed by atoms with Crippen LogP contribution in [0.2, 0.25) is 10.0 Å². The molecule has 2 saturated heterocycles. The summed E-state index contributed by atoms with van der Waals surface area (Å²) in [6.07, 6.45) is 4.10. The van der Waals surface area contributed by atoms with Gasteiger partial charge in [0.25, 0.3) is 0 Å². The molecule has 1 aromatic carbocycles. The molecule has 1 N–H and O–H groups in total. The van der Waals surface area contributed by atoms with Crippen LogP contribution in [0.5, 0.6) is 0 Å².